The maximum atomic E-state index is 11.3. The Morgan fingerprint density at radius 2 is 2.00 bits per heavy atom. The molecule has 0 fully saturated rings. The highest BCUT2D eigenvalue weighted by atomic mass is 16.6. The van der Waals surface area contributed by atoms with E-state index in [9.17, 15) is 4.79 Å². The molecule has 87 valence electrons. The SMILES string of the molecule is [CH2]CCCCC(=O)NOCc1ccccc1. The lowest BCUT2D eigenvalue weighted by molar-refractivity contribution is -0.134. The number of hydrogen-bond donors (Lipinski definition) is 1. The molecule has 1 N–H and O–H groups in total. The maximum Gasteiger partial charge on any atom is 0.243 e. The Balaban J connectivity index is 2.09. The number of hydroxylamine groups is 1. The normalized spacial score (nSPS) is 10.1. The second-order valence-corrected chi connectivity index (χ2v) is 3.61. The lowest BCUT2D eigenvalue weighted by Crippen LogP contribution is -2.23. The van der Waals surface area contributed by atoms with Gasteiger partial charge in [-0.05, 0) is 12.0 Å². The zero-order valence-electron chi connectivity index (χ0n) is 9.45. The second kappa shape index (κ2) is 7.88. The van der Waals surface area contributed by atoms with E-state index in [0.717, 1.165) is 24.8 Å². The summed E-state index contributed by atoms with van der Waals surface area (Å²) >= 11 is 0. The van der Waals surface area contributed by atoms with Crippen molar-refractivity contribution in [1.29, 1.82) is 0 Å². The topological polar surface area (TPSA) is 38.3 Å². The van der Waals surface area contributed by atoms with Gasteiger partial charge in [-0.2, -0.15) is 0 Å². The first-order valence-corrected chi connectivity index (χ1v) is 5.56. The van der Waals surface area contributed by atoms with Crippen molar-refractivity contribution in [3.63, 3.8) is 0 Å². The van der Waals surface area contributed by atoms with Gasteiger partial charge in [0, 0.05) is 6.42 Å². The van der Waals surface area contributed by atoms with E-state index < -0.39 is 0 Å². The molecule has 1 radical (unpaired) electrons. The van der Waals surface area contributed by atoms with Gasteiger partial charge in [0.2, 0.25) is 5.91 Å². The van der Waals surface area contributed by atoms with Crippen molar-refractivity contribution in [1.82, 2.24) is 5.48 Å². The number of unbranched alkanes of at least 4 members (excludes halogenated alkanes) is 2. The molecule has 0 spiro atoms. The van der Waals surface area contributed by atoms with Crippen LogP contribution in [0, 0.1) is 6.92 Å². The lowest BCUT2D eigenvalue weighted by Gasteiger charge is -2.05. The van der Waals surface area contributed by atoms with Crippen LogP contribution in [0.1, 0.15) is 31.2 Å². The first-order chi connectivity index (χ1) is 7.83. The Labute approximate surface area is 96.8 Å². The summed E-state index contributed by atoms with van der Waals surface area (Å²) in [6.07, 6.45) is 3.22. The highest BCUT2D eigenvalue weighted by Crippen LogP contribution is 2.00. The molecular formula is C13H18NO2. The number of carbonyl (C=O) groups excluding carboxylic acids is 1. The van der Waals surface area contributed by atoms with Crippen molar-refractivity contribution in [3.8, 4) is 0 Å². The fourth-order valence-corrected chi connectivity index (χ4v) is 1.29. The average Bonchev–Trinajstić information content (AvgIpc) is 2.31. The third kappa shape index (κ3) is 5.51. The summed E-state index contributed by atoms with van der Waals surface area (Å²) in [6.45, 7) is 4.13. The van der Waals surface area contributed by atoms with Gasteiger partial charge < -0.3 is 0 Å². The summed E-state index contributed by atoms with van der Waals surface area (Å²) in [5.41, 5.74) is 3.47. The van der Waals surface area contributed by atoms with E-state index in [1.165, 1.54) is 0 Å². The molecule has 0 bridgehead atoms. The standard InChI is InChI=1S/C13H18NO2/c1-2-3-5-10-13(15)14-16-11-12-8-6-4-7-9-12/h4,6-9H,1-3,5,10-11H2,(H,14,15). The average molecular weight is 220 g/mol. The van der Waals surface area contributed by atoms with Crippen LogP contribution in [-0.2, 0) is 16.2 Å². The molecule has 0 aliphatic heterocycles. The highest BCUT2D eigenvalue weighted by molar-refractivity contribution is 5.74. The van der Waals surface area contributed by atoms with Crippen LogP contribution in [0.2, 0.25) is 0 Å². The summed E-state index contributed by atoms with van der Waals surface area (Å²) in [6, 6.07) is 9.73. The molecule has 1 aromatic rings. The number of carbonyl (C=O) groups is 1. The number of amides is 1. The van der Waals surface area contributed by atoms with Crippen molar-refractivity contribution >= 4 is 5.91 Å². The predicted molar refractivity (Wildman–Crippen MR) is 63.2 cm³/mol. The summed E-state index contributed by atoms with van der Waals surface area (Å²) in [5.74, 6) is -0.0654. The van der Waals surface area contributed by atoms with E-state index in [4.69, 9.17) is 4.84 Å². The molecule has 0 aliphatic rings. The number of benzene rings is 1. The van der Waals surface area contributed by atoms with Crippen LogP contribution in [0.3, 0.4) is 0 Å². The van der Waals surface area contributed by atoms with Crippen LogP contribution in [0.5, 0.6) is 0 Å². The molecule has 3 nitrogen and oxygen atoms in total. The van der Waals surface area contributed by atoms with Crippen molar-refractivity contribution in [2.24, 2.45) is 0 Å². The molecule has 0 aromatic heterocycles. The van der Waals surface area contributed by atoms with Crippen LogP contribution in [0.15, 0.2) is 30.3 Å². The summed E-state index contributed by atoms with van der Waals surface area (Å²) in [5, 5.41) is 0. The quantitative estimate of drug-likeness (QED) is 0.566. The molecule has 0 saturated carbocycles. The van der Waals surface area contributed by atoms with Gasteiger partial charge in [-0.1, -0.05) is 50.1 Å². The largest absolute Gasteiger partial charge is 0.273 e. The van der Waals surface area contributed by atoms with E-state index in [1.807, 2.05) is 30.3 Å². The van der Waals surface area contributed by atoms with Gasteiger partial charge in [-0.15, -0.1) is 0 Å². The van der Waals surface area contributed by atoms with E-state index in [1.54, 1.807) is 0 Å². The minimum atomic E-state index is -0.0654. The Hall–Kier alpha value is -1.35. The van der Waals surface area contributed by atoms with Gasteiger partial charge in [0.25, 0.3) is 0 Å². The third-order valence-corrected chi connectivity index (χ3v) is 2.17. The molecule has 1 rings (SSSR count). The third-order valence-electron chi connectivity index (χ3n) is 2.17. The fraction of sp³-hybridized carbons (Fsp3) is 0.385. The minimum absolute atomic E-state index is 0.0654. The zero-order valence-corrected chi connectivity index (χ0v) is 9.45. The molecule has 0 heterocycles. The molecule has 16 heavy (non-hydrogen) atoms. The van der Waals surface area contributed by atoms with Crippen LogP contribution in [0.25, 0.3) is 0 Å². The lowest BCUT2D eigenvalue weighted by atomic mass is 10.2. The van der Waals surface area contributed by atoms with E-state index in [-0.39, 0.29) is 5.91 Å². The van der Waals surface area contributed by atoms with Gasteiger partial charge in [-0.25, -0.2) is 5.48 Å². The van der Waals surface area contributed by atoms with E-state index in [0.29, 0.717) is 13.0 Å². The Morgan fingerprint density at radius 3 is 2.69 bits per heavy atom. The van der Waals surface area contributed by atoms with Crippen LogP contribution in [0.4, 0.5) is 0 Å². The van der Waals surface area contributed by atoms with Gasteiger partial charge >= 0.3 is 0 Å². The minimum Gasteiger partial charge on any atom is -0.273 e. The molecule has 0 saturated heterocycles. The van der Waals surface area contributed by atoms with E-state index in [2.05, 4.69) is 12.4 Å². The smallest absolute Gasteiger partial charge is 0.243 e. The van der Waals surface area contributed by atoms with Crippen molar-refractivity contribution in [2.45, 2.75) is 32.3 Å². The number of nitrogens with one attached hydrogen (secondary N) is 1. The molecular weight excluding hydrogens is 202 g/mol. The monoisotopic (exact) mass is 220 g/mol. The summed E-state index contributed by atoms with van der Waals surface area (Å²) in [4.78, 5) is 16.3. The van der Waals surface area contributed by atoms with Crippen molar-refractivity contribution in [3.05, 3.63) is 42.8 Å². The van der Waals surface area contributed by atoms with Gasteiger partial charge in [0.1, 0.15) is 0 Å². The van der Waals surface area contributed by atoms with Crippen molar-refractivity contribution in [2.75, 3.05) is 0 Å². The fourth-order valence-electron chi connectivity index (χ4n) is 1.29. The summed E-state index contributed by atoms with van der Waals surface area (Å²) < 4.78 is 0. The van der Waals surface area contributed by atoms with Gasteiger partial charge in [0.05, 0.1) is 6.61 Å². The highest BCUT2D eigenvalue weighted by Gasteiger charge is 2.00. The molecule has 1 aromatic carbocycles. The Bertz CT molecular complexity index is 298. The molecule has 1 amide bonds. The zero-order chi connectivity index (χ0) is 11.6. The van der Waals surface area contributed by atoms with Gasteiger partial charge in [0.15, 0.2) is 0 Å². The first-order valence-electron chi connectivity index (χ1n) is 5.56. The summed E-state index contributed by atoms with van der Waals surface area (Å²) in [7, 11) is 0. The Morgan fingerprint density at radius 1 is 1.25 bits per heavy atom. The van der Waals surface area contributed by atoms with Crippen LogP contribution in [-0.4, -0.2) is 5.91 Å². The molecule has 0 atom stereocenters. The van der Waals surface area contributed by atoms with Crippen LogP contribution >= 0.6 is 0 Å². The van der Waals surface area contributed by atoms with Gasteiger partial charge in [-0.3, -0.25) is 9.63 Å². The first kappa shape index (κ1) is 12.7. The maximum absolute atomic E-state index is 11.3. The van der Waals surface area contributed by atoms with E-state index >= 15 is 0 Å². The van der Waals surface area contributed by atoms with Crippen molar-refractivity contribution < 1.29 is 9.63 Å². The molecule has 0 aliphatic carbocycles. The number of hydrogen-bond acceptors (Lipinski definition) is 2. The molecule has 3 heteroatoms. The number of rotatable bonds is 7. The Kier molecular flexibility index (Phi) is 6.26. The van der Waals surface area contributed by atoms with Crippen LogP contribution < -0.4 is 5.48 Å². The second-order valence-electron chi connectivity index (χ2n) is 3.61. The molecule has 0 unspecified atom stereocenters. The predicted octanol–water partition coefficient (Wildman–Crippen LogP) is 2.63.